The third-order valence-corrected chi connectivity index (χ3v) is 3.19. The summed E-state index contributed by atoms with van der Waals surface area (Å²) in [5.41, 5.74) is 2.21. The number of aliphatic carboxylic acids is 1. The van der Waals surface area contributed by atoms with Gasteiger partial charge in [-0.25, -0.2) is 4.79 Å². The Morgan fingerprint density at radius 3 is 2.83 bits per heavy atom. The van der Waals surface area contributed by atoms with E-state index in [-0.39, 0.29) is 18.4 Å². The third kappa shape index (κ3) is 2.36. The third-order valence-electron chi connectivity index (χ3n) is 3.19. The lowest BCUT2D eigenvalue weighted by atomic mass is 9.77. The van der Waals surface area contributed by atoms with Crippen LogP contribution < -0.4 is 5.32 Å². The first-order valence-electron chi connectivity index (χ1n) is 5.74. The summed E-state index contributed by atoms with van der Waals surface area (Å²) >= 11 is 0. The van der Waals surface area contributed by atoms with E-state index in [0.717, 1.165) is 5.56 Å². The van der Waals surface area contributed by atoms with Crippen molar-refractivity contribution in [2.45, 2.75) is 18.4 Å². The number of nitrogens with one attached hydrogen (secondary N) is 1. The van der Waals surface area contributed by atoms with Crippen molar-refractivity contribution in [1.82, 2.24) is 5.32 Å². The maximum Gasteiger partial charge on any atom is 0.334 e. The Balaban J connectivity index is 1.89. The fourth-order valence-electron chi connectivity index (χ4n) is 2.08. The molecule has 2 unspecified atom stereocenters. The molecule has 5 nitrogen and oxygen atoms in total. The molecule has 0 heterocycles. The van der Waals surface area contributed by atoms with Crippen LogP contribution in [0.1, 0.15) is 17.0 Å². The lowest BCUT2D eigenvalue weighted by Gasteiger charge is -2.29. The van der Waals surface area contributed by atoms with Crippen LogP contribution in [-0.2, 0) is 20.7 Å². The van der Waals surface area contributed by atoms with E-state index in [2.05, 4.69) is 5.32 Å². The van der Waals surface area contributed by atoms with Gasteiger partial charge in [0.15, 0.2) is 6.10 Å². The summed E-state index contributed by atoms with van der Waals surface area (Å²) in [5.74, 6) is -1.38. The van der Waals surface area contributed by atoms with Gasteiger partial charge < -0.3 is 15.2 Å². The van der Waals surface area contributed by atoms with Gasteiger partial charge in [-0.1, -0.05) is 24.3 Å². The molecule has 2 rings (SSSR count). The second-order valence-electron chi connectivity index (χ2n) is 4.26. The average molecular weight is 249 g/mol. The minimum Gasteiger partial charge on any atom is -0.479 e. The fraction of sp³-hybridized carbons (Fsp3) is 0.385. The molecule has 18 heavy (non-hydrogen) atoms. The second-order valence-corrected chi connectivity index (χ2v) is 4.26. The molecule has 0 aliphatic heterocycles. The van der Waals surface area contributed by atoms with E-state index in [1.807, 2.05) is 24.3 Å². The number of benzene rings is 1. The van der Waals surface area contributed by atoms with Crippen molar-refractivity contribution in [3.05, 3.63) is 35.4 Å². The van der Waals surface area contributed by atoms with E-state index in [4.69, 9.17) is 9.84 Å². The predicted octanol–water partition coefficient (Wildman–Crippen LogP) is 0.542. The normalized spacial score (nSPS) is 18.4. The number of hydrogen-bond acceptors (Lipinski definition) is 3. The molecule has 0 spiro atoms. The highest BCUT2D eigenvalue weighted by Gasteiger charge is 2.32. The number of carbonyl (C=O) groups is 2. The number of amides is 1. The van der Waals surface area contributed by atoms with Gasteiger partial charge in [-0.2, -0.15) is 0 Å². The van der Waals surface area contributed by atoms with Crippen LogP contribution in [0.4, 0.5) is 0 Å². The van der Waals surface area contributed by atoms with Crippen LogP contribution >= 0.6 is 0 Å². The number of carbonyl (C=O) groups excluding carboxylic acids is 1. The van der Waals surface area contributed by atoms with Gasteiger partial charge >= 0.3 is 5.97 Å². The van der Waals surface area contributed by atoms with E-state index in [1.54, 1.807) is 0 Å². The first-order valence-corrected chi connectivity index (χ1v) is 5.74. The zero-order chi connectivity index (χ0) is 13.1. The van der Waals surface area contributed by atoms with Crippen LogP contribution in [0.3, 0.4) is 0 Å². The summed E-state index contributed by atoms with van der Waals surface area (Å²) in [7, 11) is 1.31. The zero-order valence-corrected chi connectivity index (χ0v) is 10.1. The highest BCUT2D eigenvalue weighted by atomic mass is 16.5. The monoisotopic (exact) mass is 249 g/mol. The maximum absolute atomic E-state index is 11.9. The van der Waals surface area contributed by atoms with E-state index in [9.17, 15) is 9.59 Å². The Labute approximate surface area is 105 Å². The van der Waals surface area contributed by atoms with Gasteiger partial charge in [0.2, 0.25) is 5.91 Å². The van der Waals surface area contributed by atoms with E-state index in [1.165, 1.54) is 12.7 Å². The number of methoxy groups -OCH3 is 1. The SMILES string of the molecule is COC(CNC(=O)C1Cc2ccccc21)C(=O)O. The lowest BCUT2D eigenvalue weighted by Crippen LogP contribution is -2.42. The standard InChI is InChI=1S/C13H15NO4/c1-18-11(13(16)17)7-14-12(15)10-6-8-4-2-3-5-9(8)10/h2-5,10-11H,6-7H2,1H3,(H,14,15)(H,16,17). The van der Waals surface area contributed by atoms with Gasteiger partial charge in [0.1, 0.15) is 0 Å². The maximum atomic E-state index is 11.9. The molecule has 96 valence electrons. The lowest BCUT2D eigenvalue weighted by molar-refractivity contribution is -0.148. The molecule has 0 saturated heterocycles. The Morgan fingerprint density at radius 2 is 2.22 bits per heavy atom. The molecule has 0 fully saturated rings. The zero-order valence-electron chi connectivity index (χ0n) is 10.1. The first-order chi connectivity index (χ1) is 8.63. The van der Waals surface area contributed by atoms with Crippen molar-refractivity contribution in [1.29, 1.82) is 0 Å². The van der Waals surface area contributed by atoms with Gasteiger partial charge in [0, 0.05) is 7.11 Å². The summed E-state index contributed by atoms with van der Waals surface area (Å²) in [6.45, 7) is -0.0106. The number of fused-ring (bicyclic) bond motifs is 1. The van der Waals surface area contributed by atoms with Gasteiger partial charge in [0.05, 0.1) is 12.5 Å². The predicted molar refractivity (Wildman–Crippen MR) is 64.3 cm³/mol. The highest BCUT2D eigenvalue weighted by molar-refractivity contribution is 5.87. The van der Waals surface area contributed by atoms with Crippen molar-refractivity contribution >= 4 is 11.9 Å². The number of carboxylic acid groups (broad SMARTS) is 1. The van der Waals surface area contributed by atoms with E-state index < -0.39 is 12.1 Å². The van der Waals surface area contributed by atoms with Crippen LogP contribution in [0.15, 0.2) is 24.3 Å². The minimum absolute atomic E-state index is 0.0106. The van der Waals surface area contributed by atoms with Crippen molar-refractivity contribution < 1.29 is 19.4 Å². The summed E-state index contributed by atoms with van der Waals surface area (Å²) in [4.78, 5) is 22.6. The smallest absolute Gasteiger partial charge is 0.334 e. The molecule has 0 aromatic heterocycles. The molecule has 5 heteroatoms. The van der Waals surface area contributed by atoms with Crippen LogP contribution in [0.5, 0.6) is 0 Å². The molecule has 2 atom stereocenters. The topological polar surface area (TPSA) is 75.6 Å². The van der Waals surface area contributed by atoms with Crippen LogP contribution in [-0.4, -0.2) is 36.7 Å². The van der Waals surface area contributed by atoms with Gasteiger partial charge in [0.25, 0.3) is 0 Å². The van der Waals surface area contributed by atoms with Crippen LogP contribution in [0, 0.1) is 0 Å². The molecule has 0 bridgehead atoms. The van der Waals surface area contributed by atoms with Crippen molar-refractivity contribution in [2.75, 3.05) is 13.7 Å². The fourth-order valence-corrected chi connectivity index (χ4v) is 2.08. The number of ether oxygens (including phenoxy) is 1. The summed E-state index contributed by atoms with van der Waals surface area (Å²) in [6, 6.07) is 7.76. The Bertz CT molecular complexity index is 472. The van der Waals surface area contributed by atoms with Gasteiger partial charge in [-0.3, -0.25) is 4.79 Å². The summed E-state index contributed by atoms with van der Waals surface area (Å²) in [5, 5.41) is 11.4. The number of rotatable bonds is 5. The highest BCUT2D eigenvalue weighted by Crippen LogP contribution is 2.34. The Hall–Kier alpha value is -1.88. The van der Waals surface area contributed by atoms with Gasteiger partial charge in [-0.15, -0.1) is 0 Å². The molecule has 0 saturated carbocycles. The summed E-state index contributed by atoms with van der Waals surface area (Å²) in [6.07, 6.45) is -0.281. The minimum atomic E-state index is -1.08. The van der Waals surface area contributed by atoms with Crippen LogP contribution in [0.25, 0.3) is 0 Å². The Kier molecular flexibility index (Phi) is 3.62. The molecule has 2 N–H and O–H groups in total. The van der Waals surface area contributed by atoms with Gasteiger partial charge in [-0.05, 0) is 17.5 Å². The van der Waals surface area contributed by atoms with Crippen molar-refractivity contribution in [2.24, 2.45) is 0 Å². The van der Waals surface area contributed by atoms with E-state index in [0.29, 0.717) is 6.42 Å². The molecule has 1 aromatic rings. The van der Waals surface area contributed by atoms with E-state index >= 15 is 0 Å². The average Bonchev–Trinajstić information content (AvgIpc) is 2.31. The Morgan fingerprint density at radius 1 is 1.50 bits per heavy atom. The van der Waals surface area contributed by atoms with Crippen molar-refractivity contribution in [3.8, 4) is 0 Å². The van der Waals surface area contributed by atoms with Crippen LogP contribution in [0.2, 0.25) is 0 Å². The van der Waals surface area contributed by atoms with Crippen molar-refractivity contribution in [3.63, 3.8) is 0 Å². The second kappa shape index (κ2) is 5.18. The number of hydrogen-bond donors (Lipinski definition) is 2. The first kappa shape index (κ1) is 12.6. The summed E-state index contributed by atoms with van der Waals surface area (Å²) < 4.78 is 4.75. The molecular weight excluding hydrogens is 234 g/mol. The molecule has 0 radical (unpaired) electrons. The quantitative estimate of drug-likeness (QED) is 0.798. The largest absolute Gasteiger partial charge is 0.479 e. The number of carboxylic acids is 1. The molecule has 1 aliphatic carbocycles. The molecule has 1 aliphatic rings. The molecule has 1 amide bonds. The molecule has 1 aromatic carbocycles. The molecular formula is C13H15NO4.